The normalized spacial score (nSPS) is 32.6. The molecule has 1 saturated heterocycles. The summed E-state index contributed by atoms with van der Waals surface area (Å²) in [5.74, 6) is -1.37. The van der Waals surface area contributed by atoms with Crippen molar-refractivity contribution in [3.8, 4) is 0 Å². The molecule has 3 atom stereocenters. The van der Waals surface area contributed by atoms with E-state index >= 15 is 0 Å². The molecule has 0 radical (unpaired) electrons. The number of aliphatic carboxylic acids is 1. The van der Waals surface area contributed by atoms with Crippen molar-refractivity contribution in [3.05, 3.63) is 0 Å². The molecule has 0 aromatic carbocycles. The van der Waals surface area contributed by atoms with Crippen molar-refractivity contribution in [2.24, 2.45) is 11.8 Å². The maximum atomic E-state index is 12.3. The monoisotopic (exact) mass is 308 g/mol. The molecule has 0 spiro atoms. The summed E-state index contributed by atoms with van der Waals surface area (Å²) in [7, 11) is 0. The van der Waals surface area contributed by atoms with Gasteiger partial charge in [0.1, 0.15) is 0 Å². The third kappa shape index (κ3) is 3.10. The second-order valence-corrected chi connectivity index (χ2v) is 6.94. The lowest BCUT2D eigenvalue weighted by molar-refractivity contribution is -0.141. The molecule has 3 aliphatic rings. The SMILES string of the molecule is O=C(N[C@H]1CC[C@@H](C(=O)O)C1)C1CC(=O)N(C2CCCC2)C1. The summed E-state index contributed by atoms with van der Waals surface area (Å²) in [4.78, 5) is 37.3. The number of carboxylic acid groups (broad SMARTS) is 1. The minimum Gasteiger partial charge on any atom is -0.481 e. The van der Waals surface area contributed by atoms with E-state index in [-0.39, 0.29) is 29.7 Å². The van der Waals surface area contributed by atoms with Crippen LogP contribution < -0.4 is 5.32 Å². The van der Waals surface area contributed by atoms with E-state index < -0.39 is 5.97 Å². The topological polar surface area (TPSA) is 86.7 Å². The van der Waals surface area contributed by atoms with Crippen molar-refractivity contribution in [1.82, 2.24) is 10.2 Å². The summed E-state index contributed by atoms with van der Waals surface area (Å²) in [5.41, 5.74) is 0. The lowest BCUT2D eigenvalue weighted by Crippen LogP contribution is -2.40. The van der Waals surface area contributed by atoms with Crippen LogP contribution in [0.5, 0.6) is 0 Å². The minimum atomic E-state index is -0.778. The molecule has 122 valence electrons. The Morgan fingerprint density at radius 3 is 2.45 bits per heavy atom. The fourth-order valence-corrected chi connectivity index (χ4v) is 4.13. The van der Waals surface area contributed by atoms with Crippen LogP contribution in [0.4, 0.5) is 0 Å². The number of nitrogens with one attached hydrogen (secondary N) is 1. The van der Waals surface area contributed by atoms with E-state index in [4.69, 9.17) is 5.11 Å². The van der Waals surface area contributed by atoms with Crippen LogP contribution in [-0.4, -0.2) is 46.4 Å². The molecule has 3 rings (SSSR count). The van der Waals surface area contributed by atoms with Crippen molar-refractivity contribution in [1.29, 1.82) is 0 Å². The first-order valence-electron chi connectivity index (χ1n) is 8.37. The first-order valence-corrected chi connectivity index (χ1v) is 8.37. The molecule has 0 aromatic rings. The zero-order valence-electron chi connectivity index (χ0n) is 12.8. The maximum Gasteiger partial charge on any atom is 0.306 e. The number of hydrogen-bond donors (Lipinski definition) is 2. The van der Waals surface area contributed by atoms with Gasteiger partial charge in [-0.1, -0.05) is 12.8 Å². The highest BCUT2D eigenvalue weighted by Gasteiger charge is 2.40. The molecule has 6 nitrogen and oxygen atoms in total. The van der Waals surface area contributed by atoms with Crippen molar-refractivity contribution in [2.45, 2.75) is 63.5 Å². The number of carbonyl (C=O) groups excluding carboxylic acids is 2. The van der Waals surface area contributed by atoms with Crippen LogP contribution in [0.3, 0.4) is 0 Å². The molecule has 2 N–H and O–H groups in total. The van der Waals surface area contributed by atoms with E-state index in [2.05, 4.69) is 5.32 Å². The largest absolute Gasteiger partial charge is 0.481 e. The van der Waals surface area contributed by atoms with Crippen molar-refractivity contribution in [2.75, 3.05) is 6.54 Å². The van der Waals surface area contributed by atoms with Gasteiger partial charge in [-0.05, 0) is 32.1 Å². The summed E-state index contributed by atoms with van der Waals surface area (Å²) >= 11 is 0. The van der Waals surface area contributed by atoms with Gasteiger partial charge in [0.2, 0.25) is 11.8 Å². The lowest BCUT2D eigenvalue weighted by atomic mass is 10.1. The third-order valence-electron chi connectivity index (χ3n) is 5.42. The second-order valence-electron chi connectivity index (χ2n) is 6.94. The van der Waals surface area contributed by atoms with Crippen LogP contribution in [-0.2, 0) is 14.4 Å². The first kappa shape index (κ1) is 15.3. The van der Waals surface area contributed by atoms with E-state index in [1.165, 1.54) is 12.8 Å². The number of likely N-dealkylation sites (tertiary alicyclic amines) is 1. The van der Waals surface area contributed by atoms with Crippen molar-refractivity contribution in [3.63, 3.8) is 0 Å². The molecule has 22 heavy (non-hydrogen) atoms. The van der Waals surface area contributed by atoms with Crippen LogP contribution in [0.25, 0.3) is 0 Å². The van der Waals surface area contributed by atoms with Gasteiger partial charge in [-0.15, -0.1) is 0 Å². The number of rotatable bonds is 4. The van der Waals surface area contributed by atoms with E-state index in [9.17, 15) is 14.4 Å². The number of hydrogen-bond acceptors (Lipinski definition) is 3. The molecule has 2 amide bonds. The Balaban J connectivity index is 1.51. The molecule has 2 aliphatic carbocycles. The van der Waals surface area contributed by atoms with Crippen molar-refractivity contribution >= 4 is 17.8 Å². The molecule has 2 saturated carbocycles. The van der Waals surface area contributed by atoms with Crippen LogP contribution >= 0.6 is 0 Å². The molecular weight excluding hydrogens is 284 g/mol. The summed E-state index contributed by atoms with van der Waals surface area (Å²) in [6.07, 6.45) is 6.61. The predicted molar refractivity (Wildman–Crippen MR) is 79.0 cm³/mol. The number of amides is 2. The highest BCUT2D eigenvalue weighted by Crippen LogP contribution is 2.30. The van der Waals surface area contributed by atoms with Crippen LogP contribution in [0.2, 0.25) is 0 Å². The van der Waals surface area contributed by atoms with Gasteiger partial charge in [0.15, 0.2) is 0 Å². The van der Waals surface area contributed by atoms with Gasteiger partial charge in [-0.2, -0.15) is 0 Å². The Morgan fingerprint density at radius 2 is 1.82 bits per heavy atom. The average Bonchev–Trinajstić information content (AvgIpc) is 3.17. The molecule has 1 aliphatic heterocycles. The van der Waals surface area contributed by atoms with Gasteiger partial charge in [0.25, 0.3) is 0 Å². The fraction of sp³-hybridized carbons (Fsp3) is 0.812. The number of nitrogens with zero attached hydrogens (tertiary/aromatic N) is 1. The summed E-state index contributed by atoms with van der Waals surface area (Å²) in [6, 6.07) is 0.275. The Bertz CT molecular complexity index is 473. The molecule has 1 heterocycles. The Labute approximate surface area is 130 Å². The highest BCUT2D eigenvalue weighted by atomic mass is 16.4. The predicted octanol–water partition coefficient (Wildman–Crippen LogP) is 1.15. The molecule has 3 fully saturated rings. The molecule has 0 bridgehead atoms. The van der Waals surface area contributed by atoms with E-state index in [0.29, 0.717) is 31.8 Å². The smallest absolute Gasteiger partial charge is 0.306 e. The van der Waals surface area contributed by atoms with E-state index in [0.717, 1.165) is 19.3 Å². The number of carboxylic acids is 1. The fourth-order valence-electron chi connectivity index (χ4n) is 4.13. The third-order valence-corrected chi connectivity index (χ3v) is 5.42. The second kappa shape index (κ2) is 6.26. The Hall–Kier alpha value is -1.59. The van der Waals surface area contributed by atoms with Crippen molar-refractivity contribution < 1.29 is 19.5 Å². The summed E-state index contributed by atoms with van der Waals surface area (Å²) in [6.45, 7) is 0.532. The van der Waals surface area contributed by atoms with Gasteiger partial charge in [-0.3, -0.25) is 14.4 Å². The van der Waals surface area contributed by atoms with Crippen LogP contribution in [0.15, 0.2) is 0 Å². The highest BCUT2D eigenvalue weighted by molar-refractivity contribution is 5.89. The lowest BCUT2D eigenvalue weighted by Gasteiger charge is -2.24. The summed E-state index contributed by atoms with van der Waals surface area (Å²) in [5, 5.41) is 12.0. The van der Waals surface area contributed by atoms with E-state index in [1.54, 1.807) is 0 Å². The first-order chi connectivity index (χ1) is 10.5. The molecular formula is C16H24N2O4. The molecule has 6 heteroatoms. The number of carbonyl (C=O) groups is 3. The summed E-state index contributed by atoms with van der Waals surface area (Å²) < 4.78 is 0. The quantitative estimate of drug-likeness (QED) is 0.815. The minimum absolute atomic E-state index is 0.0516. The zero-order chi connectivity index (χ0) is 15.7. The van der Waals surface area contributed by atoms with E-state index in [1.807, 2.05) is 4.90 Å². The molecule has 1 unspecified atom stereocenters. The van der Waals surface area contributed by atoms with Gasteiger partial charge < -0.3 is 15.3 Å². The van der Waals surface area contributed by atoms with Crippen LogP contribution in [0.1, 0.15) is 51.4 Å². The standard InChI is InChI=1S/C16H24N2O4/c19-14-8-11(9-18(14)13-3-1-2-4-13)15(20)17-12-6-5-10(7-12)16(21)22/h10-13H,1-9H2,(H,17,20)(H,21,22)/t10-,11?,12+/m1/s1. The maximum absolute atomic E-state index is 12.3. The van der Waals surface area contributed by atoms with Gasteiger partial charge in [0.05, 0.1) is 11.8 Å². The molecule has 0 aromatic heterocycles. The van der Waals surface area contributed by atoms with Gasteiger partial charge in [0, 0.05) is 25.0 Å². The van der Waals surface area contributed by atoms with Crippen LogP contribution in [0, 0.1) is 11.8 Å². The average molecular weight is 308 g/mol. The van der Waals surface area contributed by atoms with Gasteiger partial charge in [-0.25, -0.2) is 0 Å². The van der Waals surface area contributed by atoms with Gasteiger partial charge >= 0.3 is 5.97 Å². The Kier molecular flexibility index (Phi) is 4.36. The zero-order valence-corrected chi connectivity index (χ0v) is 12.8. The Morgan fingerprint density at radius 1 is 1.09 bits per heavy atom.